The monoisotopic (exact) mass is 275 g/mol. The molecule has 1 saturated heterocycles. The molecule has 1 atom stereocenters. The maximum Gasteiger partial charge on any atom is 0.251 e. The highest BCUT2D eigenvalue weighted by Gasteiger charge is 2.33. The first-order chi connectivity index (χ1) is 9.06. The Labute approximate surface area is 115 Å². The molecule has 2 aromatic rings. The number of nitrogens with zero attached hydrogens (tertiary/aromatic N) is 1. The number of nitrogens with one attached hydrogen (secondary N) is 2. The molecule has 1 aromatic carbocycles. The van der Waals surface area contributed by atoms with Gasteiger partial charge in [0.1, 0.15) is 11.8 Å². The van der Waals surface area contributed by atoms with Crippen LogP contribution < -0.4 is 5.32 Å². The number of benzene rings is 1. The summed E-state index contributed by atoms with van der Waals surface area (Å²) in [6, 6.07) is 4.81. The zero-order valence-electron chi connectivity index (χ0n) is 10.3. The van der Waals surface area contributed by atoms with Gasteiger partial charge in [-0.25, -0.2) is 0 Å². The Balaban J connectivity index is 1.92. The highest BCUT2D eigenvalue weighted by molar-refractivity contribution is 7.80. The number of aromatic nitrogens is 1. The van der Waals surface area contributed by atoms with Crippen LogP contribution in [0.5, 0.6) is 5.75 Å². The van der Waals surface area contributed by atoms with Crippen LogP contribution in [0, 0.1) is 0 Å². The van der Waals surface area contributed by atoms with Crippen LogP contribution in [0.3, 0.4) is 0 Å². The van der Waals surface area contributed by atoms with E-state index in [9.17, 15) is 9.90 Å². The Morgan fingerprint density at radius 1 is 1.47 bits per heavy atom. The minimum atomic E-state index is -0.334. The van der Waals surface area contributed by atoms with Gasteiger partial charge in [-0.05, 0) is 36.0 Å². The van der Waals surface area contributed by atoms with Crippen molar-refractivity contribution in [3.8, 4) is 5.75 Å². The van der Waals surface area contributed by atoms with Crippen molar-refractivity contribution in [1.82, 2.24) is 15.2 Å². The SMILES string of the molecule is CN1C(=O)C(Cc2c[nH]c3ccc(O)cc23)NC1=S. The van der Waals surface area contributed by atoms with E-state index in [1.165, 1.54) is 4.90 Å². The quantitative estimate of drug-likeness (QED) is 0.719. The van der Waals surface area contributed by atoms with Crippen LogP contribution >= 0.6 is 12.2 Å². The number of H-pyrrole nitrogens is 1. The standard InChI is InChI=1S/C13H13N3O2S/c1-16-12(18)11(15-13(16)19)4-7-6-14-10-3-2-8(17)5-9(7)10/h2-3,5-6,11,14,17H,4H2,1H3,(H,15,19). The number of amides is 1. The molecule has 3 N–H and O–H groups in total. The van der Waals surface area contributed by atoms with Crippen LogP contribution in [-0.4, -0.2) is 39.1 Å². The van der Waals surface area contributed by atoms with Crippen molar-refractivity contribution >= 4 is 34.1 Å². The molecule has 1 unspecified atom stereocenters. The first-order valence-corrected chi connectivity index (χ1v) is 6.34. The lowest BCUT2D eigenvalue weighted by molar-refractivity contribution is -0.126. The highest BCUT2D eigenvalue weighted by Crippen LogP contribution is 2.24. The molecule has 0 spiro atoms. The Morgan fingerprint density at radius 3 is 2.95 bits per heavy atom. The van der Waals surface area contributed by atoms with Gasteiger partial charge in [-0.1, -0.05) is 0 Å². The topological polar surface area (TPSA) is 68.4 Å². The third-order valence-corrected chi connectivity index (χ3v) is 3.80. The van der Waals surface area contributed by atoms with Gasteiger partial charge in [0.05, 0.1) is 0 Å². The van der Waals surface area contributed by atoms with E-state index in [1.54, 1.807) is 19.2 Å². The van der Waals surface area contributed by atoms with Gasteiger partial charge in [0.25, 0.3) is 5.91 Å². The van der Waals surface area contributed by atoms with Crippen molar-refractivity contribution in [1.29, 1.82) is 0 Å². The van der Waals surface area contributed by atoms with E-state index in [-0.39, 0.29) is 17.7 Å². The highest BCUT2D eigenvalue weighted by atomic mass is 32.1. The number of carbonyl (C=O) groups is 1. The van der Waals surface area contributed by atoms with Crippen LogP contribution in [0.1, 0.15) is 5.56 Å². The predicted octanol–water partition coefficient (Wildman–Crippen LogP) is 1.13. The van der Waals surface area contributed by atoms with Gasteiger partial charge in [-0.15, -0.1) is 0 Å². The summed E-state index contributed by atoms with van der Waals surface area (Å²) in [5.41, 5.74) is 1.92. The van der Waals surface area contributed by atoms with Crippen LogP contribution in [0.25, 0.3) is 10.9 Å². The van der Waals surface area contributed by atoms with Crippen LogP contribution in [0.2, 0.25) is 0 Å². The van der Waals surface area contributed by atoms with Gasteiger partial charge in [-0.3, -0.25) is 9.69 Å². The number of aromatic hydroxyl groups is 1. The fraction of sp³-hybridized carbons (Fsp3) is 0.231. The van der Waals surface area contributed by atoms with E-state index in [2.05, 4.69) is 10.3 Å². The van der Waals surface area contributed by atoms with Crippen LogP contribution in [-0.2, 0) is 11.2 Å². The predicted molar refractivity (Wildman–Crippen MR) is 76.0 cm³/mol. The molecule has 0 saturated carbocycles. The number of thiocarbonyl (C=S) groups is 1. The van der Waals surface area contributed by atoms with Crippen molar-refractivity contribution in [2.45, 2.75) is 12.5 Å². The molecule has 6 heteroatoms. The zero-order valence-corrected chi connectivity index (χ0v) is 11.1. The second kappa shape index (κ2) is 4.24. The summed E-state index contributed by atoms with van der Waals surface area (Å²) in [5.74, 6) is 0.186. The largest absolute Gasteiger partial charge is 0.508 e. The van der Waals surface area contributed by atoms with Crippen molar-refractivity contribution in [3.63, 3.8) is 0 Å². The van der Waals surface area contributed by atoms with Gasteiger partial charge >= 0.3 is 0 Å². The van der Waals surface area contributed by atoms with E-state index >= 15 is 0 Å². The molecule has 1 fully saturated rings. The van der Waals surface area contributed by atoms with Gasteiger partial charge in [0.2, 0.25) is 0 Å². The smallest absolute Gasteiger partial charge is 0.251 e. The van der Waals surface area contributed by atoms with Crippen molar-refractivity contribution in [2.24, 2.45) is 0 Å². The maximum absolute atomic E-state index is 12.0. The molecule has 0 radical (unpaired) electrons. The van der Waals surface area contributed by atoms with E-state index in [1.807, 2.05) is 12.3 Å². The number of phenols is 1. The molecule has 1 aliphatic heterocycles. The van der Waals surface area contributed by atoms with E-state index < -0.39 is 0 Å². The fourth-order valence-corrected chi connectivity index (χ4v) is 2.57. The maximum atomic E-state index is 12.0. The summed E-state index contributed by atoms with van der Waals surface area (Å²) in [6.45, 7) is 0. The number of phenolic OH excluding ortho intramolecular Hbond substituents is 1. The third-order valence-electron chi connectivity index (χ3n) is 3.41. The van der Waals surface area contributed by atoms with Crippen molar-refractivity contribution < 1.29 is 9.90 Å². The molecule has 98 valence electrons. The summed E-state index contributed by atoms with van der Waals surface area (Å²) in [7, 11) is 1.67. The lowest BCUT2D eigenvalue weighted by Gasteiger charge is -2.07. The normalized spacial score (nSPS) is 19.2. The average molecular weight is 275 g/mol. The molecule has 5 nitrogen and oxygen atoms in total. The molecule has 1 aliphatic rings. The minimum absolute atomic E-state index is 0.0282. The number of rotatable bonds is 2. The second-order valence-electron chi connectivity index (χ2n) is 4.65. The van der Waals surface area contributed by atoms with E-state index in [0.29, 0.717) is 11.5 Å². The molecule has 3 rings (SSSR count). The van der Waals surface area contributed by atoms with Crippen LogP contribution in [0.15, 0.2) is 24.4 Å². The Bertz CT molecular complexity index is 680. The summed E-state index contributed by atoms with van der Waals surface area (Å²) < 4.78 is 0. The number of fused-ring (bicyclic) bond motifs is 1. The first-order valence-electron chi connectivity index (χ1n) is 5.93. The summed E-state index contributed by atoms with van der Waals surface area (Å²) in [4.78, 5) is 16.5. The summed E-state index contributed by atoms with van der Waals surface area (Å²) in [6.07, 6.45) is 2.40. The number of carbonyl (C=O) groups excluding carboxylic acids is 1. The van der Waals surface area contributed by atoms with Gasteiger partial charge in [0, 0.05) is 30.6 Å². The van der Waals surface area contributed by atoms with Crippen molar-refractivity contribution in [2.75, 3.05) is 7.05 Å². The molecule has 19 heavy (non-hydrogen) atoms. The molecular weight excluding hydrogens is 262 g/mol. The Morgan fingerprint density at radius 2 is 2.26 bits per heavy atom. The molecule has 1 aromatic heterocycles. The van der Waals surface area contributed by atoms with Crippen molar-refractivity contribution in [3.05, 3.63) is 30.0 Å². The Kier molecular flexibility index (Phi) is 2.67. The minimum Gasteiger partial charge on any atom is -0.508 e. The molecular formula is C13H13N3O2S. The van der Waals surface area contributed by atoms with E-state index in [0.717, 1.165) is 16.5 Å². The summed E-state index contributed by atoms with van der Waals surface area (Å²) in [5, 5.41) is 13.9. The molecule has 1 amide bonds. The fourth-order valence-electron chi connectivity index (χ4n) is 2.33. The average Bonchev–Trinajstić information content (AvgIpc) is 2.88. The lowest BCUT2D eigenvalue weighted by Crippen LogP contribution is -2.31. The zero-order chi connectivity index (χ0) is 13.6. The van der Waals surface area contributed by atoms with Gasteiger partial charge in [-0.2, -0.15) is 0 Å². The number of aromatic amines is 1. The molecule has 2 heterocycles. The third kappa shape index (κ3) is 1.94. The first kappa shape index (κ1) is 12.0. The number of hydrogen-bond acceptors (Lipinski definition) is 3. The molecule has 0 bridgehead atoms. The van der Waals surface area contributed by atoms with Crippen LogP contribution in [0.4, 0.5) is 0 Å². The van der Waals surface area contributed by atoms with E-state index in [4.69, 9.17) is 12.2 Å². The lowest BCUT2D eigenvalue weighted by atomic mass is 10.0. The second-order valence-corrected chi connectivity index (χ2v) is 5.03. The Hall–Kier alpha value is -2.08. The van der Waals surface area contributed by atoms with Gasteiger partial charge < -0.3 is 15.4 Å². The number of hydrogen-bond donors (Lipinski definition) is 3. The summed E-state index contributed by atoms with van der Waals surface area (Å²) >= 11 is 5.05. The number of likely N-dealkylation sites (N-methyl/N-ethyl adjacent to an activating group) is 1. The molecule has 0 aliphatic carbocycles. The van der Waals surface area contributed by atoms with Gasteiger partial charge in [0.15, 0.2) is 5.11 Å².